The summed E-state index contributed by atoms with van der Waals surface area (Å²) in [4.78, 5) is 11.9. The number of nitrogens with zero attached hydrogens (tertiary/aromatic N) is 7. The van der Waals surface area contributed by atoms with E-state index in [-0.39, 0.29) is 11.4 Å². The van der Waals surface area contributed by atoms with E-state index in [1.54, 1.807) is 6.07 Å². The van der Waals surface area contributed by atoms with Crippen LogP contribution in [-0.2, 0) is 3.79 Å². The lowest BCUT2D eigenvalue weighted by Gasteiger charge is -2.11. The Labute approximate surface area is 115 Å². The van der Waals surface area contributed by atoms with Gasteiger partial charge in [-0.3, -0.25) is 0 Å². The first-order chi connectivity index (χ1) is 8.45. The third-order valence-electron chi connectivity index (χ3n) is 1.84. The zero-order valence-electron chi connectivity index (χ0n) is 8.33. The molecule has 0 saturated carbocycles. The lowest BCUT2D eigenvalue weighted by molar-refractivity contribution is 0.236. The van der Waals surface area contributed by atoms with Crippen molar-refractivity contribution in [1.29, 1.82) is 5.26 Å². The van der Waals surface area contributed by atoms with Crippen molar-refractivity contribution in [1.82, 2.24) is 30.0 Å². The lowest BCUT2D eigenvalue weighted by Crippen LogP contribution is -2.26. The van der Waals surface area contributed by atoms with Crippen LogP contribution in [0.1, 0.15) is 11.4 Å². The number of carbonyl (C=O) groups excluding carboxylic acids is 1. The summed E-state index contributed by atoms with van der Waals surface area (Å²) in [5.74, 6) is 0. The van der Waals surface area contributed by atoms with Crippen LogP contribution in [0.15, 0.2) is 12.4 Å². The number of aromatic nitrogens is 6. The van der Waals surface area contributed by atoms with Crippen molar-refractivity contribution in [3.8, 4) is 6.07 Å². The summed E-state index contributed by atoms with van der Waals surface area (Å²) in [7, 11) is 0. The van der Waals surface area contributed by atoms with Crippen molar-refractivity contribution in [2.75, 3.05) is 0 Å². The molecule has 0 spiro atoms. The molecule has 2 aromatic heterocycles. The Kier molecular flexibility index (Phi) is 3.21. The number of rotatable bonds is 0. The molecule has 11 heteroatoms. The zero-order valence-corrected chi connectivity index (χ0v) is 10.6. The highest BCUT2D eigenvalue weighted by Crippen LogP contribution is 2.39. The van der Waals surface area contributed by atoms with E-state index in [2.05, 4.69) is 20.6 Å². The Hall–Kier alpha value is -1.69. The molecule has 2 aromatic rings. The predicted molar refractivity (Wildman–Crippen MR) is 60.2 cm³/mol. The number of hydrogen-bond donors (Lipinski definition) is 0. The maximum absolute atomic E-state index is 11.9. The third-order valence-corrected chi connectivity index (χ3v) is 2.38. The van der Waals surface area contributed by atoms with Gasteiger partial charge >= 0.3 is 6.03 Å². The summed E-state index contributed by atoms with van der Waals surface area (Å²) in [6, 6.07) is 0.902. The molecule has 0 saturated heterocycles. The van der Waals surface area contributed by atoms with Crippen molar-refractivity contribution in [2.45, 2.75) is 3.79 Å². The second-order valence-electron chi connectivity index (χ2n) is 2.94. The fourth-order valence-corrected chi connectivity index (χ4v) is 1.66. The number of nitriles is 1. The molecule has 0 aliphatic heterocycles. The third kappa shape index (κ3) is 2.15. The molecule has 0 aliphatic rings. The number of alkyl halides is 3. The van der Waals surface area contributed by atoms with Gasteiger partial charge in [-0.2, -0.15) is 14.6 Å². The Morgan fingerprint density at radius 2 is 2.11 bits per heavy atom. The first-order valence-corrected chi connectivity index (χ1v) is 5.42. The molecule has 92 valence electrons. The van der Waals surface area contributed by atoms with Crippen molar-refractivity contribution >= 4 is 40.8 Å². The van der Waals surface area contributed by atoms with E-state index in [0.29, 0.717) is 4.68 Å². The van der Waals surface area contributed by atoms with E-state index >= 15 is 0 Å². The minimum Gasteiger partial charge on any atom is -0.243 e. The van der Waals surface area contributed by atoms with Crippen LogP contribution in [0, 0.1) is 11.3 Å². The maximum atomic E-state index is 11.9. The second-order valence-corrected chi connectivity index (χ2v) is 5.22. The molecule has 8 nitrogen and oxygen atoms in total. The summed E-state index contributed by atoms with van der Waals surface area (Å²) < 4.78 is -0.485. The first-order valence-electron chi connectivity index (χ1n) is 4.29. The molecule has 0 amide bonds. The Morgan fingerprint density at radius 1 is 1.39 bits per heavy atom. The molecular formula is C7H2Cl3N7O. The average Bonchev–Trinajstić information content (AvgIpc) is 2.96. The quantitative estimate of drug-likeness (QED) is 0.675. The molecular weight excluding hydrogens is 304 g/mol. The number of carbonyl (C=O) groups is 1. The SMILES string of the molecule is N#Cc1nnn(C(=O)n2ccnn2)c1C(Cl)(Cl)Cl. The van der Waals surface area contributed by atoms with Crippen molar-refractivity contribution in [3.63, 3.8) is 0 Å². The minimum absolute atomic E-state index is 0.254. The normalized spacial score (nSPS) is 11.2. The van der Waals surface area contributed by atoms with Crippen LogP contribution in [0.2, 0.25) is 0 Å². The van der Waals surface area contributed by atoms with E-state index < -0.39 is 9.82 Å². The molecule has 0 radical (unpaired) electrons. The van der Waals surface area contributed by atoms with Crippen molar-refractivity contribution in [3.05, 3.63) is 23.8 Å². The zero-order chi connectivity index (χ0) is 13.3. The van der Waals surface area contributed by atoms with E-state index in [4.69, 9.17) is 40.1 Å². The van der Waals surface area contributed by atoms with Crippen molar-refractivity contribution < 1.29 is 4.79 Å². The van der Waals surface area contributed by atoms with Crippen LogP contribution in [-0.4, -0.2) is 36.0 Å². The van der Waals surface area contributed by atoms with Gasteiger partial charge in [0.2, 0.25) is 3.79 Å². The summed E-state index contributed by atoms with van der Waals surface area (Å²) in [5.41, 5.74) is -0.515. The van der Waals surface area contributed by atoms with Crippen LogP contribution in [0.4, 0.5) is 4.79 Å². The summed E-state index contributed by atoms with van der Waals surface area (Å²) in [6.45, 7) is 0. The Balaban J connectivity index is 2.57. The summed E-state index contributed by atoms with van der Waals surface area (Å²) in [5, 5.41) is 22.7. The van der Waals surface area contributed by atoms with Gasteiger partial charge in [-0.15, -0.1) is 10.2 Å². The van der Waals surface area contributed by atoms with Gasteiger partial charge in [0.25, 0.3) is 0 Å². The first kappa shape index (κ1) is 12.8. The fourth-order valence-electron chi connectivity index (χ4n) is 1.15. The van der Waals surface area contributed by atoms with E-state index in [0.717, 1.165) is 4.68 Å². The van der Waals surface area contributed by atoms with Gasteiger partial charge in [-0.25, -0.2) is 4.79 Å². The molecule has 0 aliphatic carbocycles. The second kappa shape index (κ2) is 4.53. The Bertz CT molecular complexity index is 620. The summed E-state index contributed by atoms with van der Waals surface area (Å²) in [6.07, 6.45) is 2.56. The molecule has 2 rings (SSSR count). The van der Waals surface area contributed by atoms with Crippen LogP contribution in [0.3, 0.4) is 0 Å². The molecule has 2 heterocycles. The highest BCUT2D eigenvalue weighted by atomic mass is 35.6. The van der Waals surface area contributed by atoms with E-state index in [1.165, 1.54) is 12.4 Å². The van der Waals surface area contributed by atoms with Gasteiger partial charge < -0.3 is 0 Å². The largest absolute Gasteiger partial charge is 0.372 e. The lowest BCUT2D eigenvalue weighted by atomic mass is 10.3. The van der Waals surface area contributed by atoms with Crippen LogP contribution < -0.4 is 0 Å². The van der Waals surface area contributed by atoms with Crippen LogP contribution >= 0.6 is 34.8 Å². The monoisotopic (exact) mass is 305 g/mol. The average molecular weight is 306 g/mol. The molecule has 0 atom stereocenters. The molecule has 0 bridgehead atoms. The van der Waals surface area contributed by atoms with Gasteiger partial charge in [0.05, 0.1) is 12.4 Å². The molecule has 0 aromatic carbocycles. The molecule has 0 N–H and O–H groups in total. The van der Waals surface area contributed by atoms with Gasteiger partial charge in [-0.1, -0.05) is 45.2 Å². The maximum Gasteiger partial charge on any atom is 0.372 e. The molecule has 0 unspecified atom stereocenters. The van der Waals surface area contributed by atoms with Crippen LogP contribution in [0.25, 0.3) is 0 Å². The highest BCUT2D eigenvalue weighted by Gasteiger charge is 2.35. The topological polar surface area (TPSA) is 102 Å². The fraction of sp³-hybridized carbons (Fsp3) is 0.143. The van der Waals surface area contributed by atoms with Crippen molar-refractivity contribution in [2.24, 2.45) is 0 Å². The van der Waals surface area contributed by atoms with Crippen LogP contribution in [0.5, 0.6) is 0 Å². The summed E-state index contributed by atoms with van der Waals surface area (Å²) >= 11 is 17.0. The number of hydrogen-bond acceptors (Lipinski definition) is 6. The molecule has 0 fully saturated rings. The van der Waals surface area contributed by atoms with Gasteiger partial charge in [0.1, 0.15) is 11.8 Å². The predicted octanol–water partition coefficient (Wildman–Crippen LogP) is 1.08. The number of halogens is 3. The molecule has 18 heavy (non-hydrogen) atoms. The Morgan fingerprint density at radius 3 is 2.61 bits per heavy atom. The van der Waals surface area contributed by atoms with Gasteiger partial charge in [0, 0.05) is 0 Å². The standard InChI is InChI=1S/C7H2Cl3N7O/c8-7(9,10)5-4(3-11)13-15-17(5)6(18)16-2-1-12-14-16/h1-2H. The smallest absolute Gasteiger partial charge is 0.243 e. The van der Waals surface area contributed by atoms with E-state index in [1.807, 2.05) is 0 Å². The highest BCUT2D eigenvalue weighted by molar-refractivity contribution is 6.66. The van der Waals surface area contributed by atoms with Gasteiger partial charge in [0.15, 0.2) is 5.69 Å². The van der Waals surface area contributed by atoms with Gasteiger partial charge in [-0.05, 0) is 0 Å². The minimum atomic E-state index is -2.02. The van der Waals surface area contributed by atoms with E-state index in [9.17, 15) is 4.79 Å².